The summed E-state index contributed by atoms with van der Waals surface area (Å²) in [6.07, 6.45) is 1.70. The number of imidazole rings is 1. The molecular weight excluding hydrogens is 228 g/mol. The molecule has 0 saturated carbocycles. The molecule has 86 valence electrons. The summed E-state index contributed by atoms with van der Waals surface area (Å²) >= 11 is 0. The number of nitrogens with zero attached hydrogens (tertiary/aromatic N) is 4. The zero-order chi connectivity index (χ0) is 12.1. The molecule has 5 heteroatoms. The zero-order valence-electron chi connectivity index (χ0n) is 9.28. The van der Waals surface area contributed by atoms with Gasteiger partial charge >= 0.3 is 0 Å². The Hall–Kier alpha value is -2.69. The molecule has 0 amide bonds. The highest BCUT2D eigenvalue weighted by molar-refractivity contribution is 5.88. The van der Waals surface area contributed by atoms with Gasteiger partial charge in [-0.25, -0.2) is 15.0 Å². The van der Waals surface area contributed by atoms with E-state index in [1.807, 2.05) is 34.7 Å². The van der Waals surface area contributed by atoms with Gasteiger partial charge in [-0.3, -0.25) is 4.40 Å². The average molecular weight is 236 g/mol. The van der Waals surface area contributed by atoms with Crippen LogP contribution in [0, 0.1) is 0 Å². The first kappa shape index (κ1) is 9.35. The quantitative estimate of drug-likeness (QED) is 0.508. The number of hydrogen-bond donors (Lipinski definition) is 1. The Morgan fingerprint density at radius 2 is 1.72 bits per heavy atom. The molecule has 18 heavy (non-hydrogen) atoms. The highest BCUT2D eigenvalue weighted by Gasteiger charge is 2.13. The van der Waals surface area contributed by atoms with Crippen molar-refractivity contribution in [3.8, 4) is 5.88 Å². The number of benzene rings is 1. The number of para-hydroxylation sites is 2. The van der Waals surface area contributed by atoms with Crippen LogP contribution in [0.4, 0.5) is 0 Å². The third-order valence-corrected chi connectivity index (χ3v) is 2.97. The number of aromatic nitrogens is 4. The summed E-state index contributed by atoms with van der Waals surface area (Å²) in [6.45, 7) is 0. The molecule has 4 aromatic rings. The monoisotopic (exact) mass is 236 g/mol. The lowest BCUT2D eigenvalue weighted by atomic mass is 10.3. The van der Waals surface area contributed by atoms with Crippen LogP contribution >= 0.6 is 0 Å². The van der Waals surface area contributed by atoms with E-state index in [1.54, 1.807) is 12.3 Å². The number of rotatable bonds is 0. The van der Waals surface area contributed by atoms with E-state index < -0.39 is 0 Å². The molecule has 1 aromatic carbocycles. The van der Waals surface area contributed by atoms with Crippen molar-refractivity contribution in [1.29, 1.82) is 0 Å². The molecule has 1 N–H and O–H groups in total. The lowest BCUT2D eigenvalue weighted by molar-refractivity contribution is 0.458. The van der Waals surface area contributed by atoms with Crippen molar-refractivity contribution in [3.63, 3.8) is 0 Å². The smallest absolute Gasteiger partial charge is 0.256 e. The summed E-state index contributed by atoms with van der Waals surface area (Å²) in [6, 6.07) is 11.3. The molecule has 0 unspecified atom stereocenters. The van der Waals surface area contributed by atoms with Gasteiger partial charge in [-0.15, -0.1) is 0 Å². The summed E-state index contributed by atoms with van der Waals surface area (Å²) in [5.41, 5.74) is 3.49. The molecule has 0 fully saturated rings. The highest BCUT2D eigenvalue weighted by Crippen LogP contribution is 2.25. The van der Waals surface area contributed by atoms with E-state index in [0.717, 1.165) is 11.0 Å². The van der Waals surface area contributed by atoms with Crippen molar-refractivity contribution in [2.45, 2.75) is 0 Å². The van der Waals surface area contributed by atoms with Gasteiger partial charge in [-0.05, 0) is 24.3 Å². The van der Waals surface area contributed by atoms with Gasteiger partial charge in [-0.1, -0.05) is 12.1 Å². The van der Waals surface area contributed by atoms with Crippen molar-refractivity contribution in [3.05, 3.63) is 42.6 Å². The Kier molecular flexibility index (Phi) is 1.64. The van der Waals surface area contributed by atoms with Gasteiger partial charge in [0.05, 0.1) is 11.0 Å². The second-order valence-corrected chi connectivity index (χ2v) is 4.04. The molecule has 0 aliphatic carbocycles. The minimum absolute atomic E-state index is 0.0771. The molecule has 5 nitrogen and oxygen atoms in total. The molecule has 0 saturated heterocycles. The van der Waals surface area contributed by atoms with Crippen LogP contribution in [-0.2, 0) is 0 Å². The Balaban J connectivity index is 2.41. The molecule has 0 aliphatic heterocycles. The first-order chi connectivity index (χ1) is 8.84. The van der Waals surface area contributed by atoms with Gasteiger partial charge in [0.15, 0.2) is 5.65 Å². The van der Waals surface area contributed by atoms with Crippen molar-refractivity contribution in [1.82, 2.24) is 19.4 Å². The molecule has 0 bridgehead atoms. The standard InChI is InChI=1S/C13H8N4O/c18-13-12-15-8-4-1-2-6-10(8)17(12)11-9(16-13)5-3-7-14-11/h1-7H,(H,16,18). The van der Waals surface area contributed by atoms with Crippen molar-refractivity contribution in [2.75, 3.05) is 0 Å². The van der Waals surface area contributed by atoms with Gasteiger partial charge in [0.1, 0.15) is 5.52 Å². The first-order valence-corrected chi connectivity index (χ1v) is 5.55. The maximum atomic E-state index is 9.95. The van der Waals surface area contributed by atoms with Gasteiger partial charge < -0.3 is 5.11 Å². The van der Waals surface area contributed by atoms with Crippen molar-refractivity contribution < 1.29 is 5.11 Å². The number of pyridine rings is 1. The van der Waals surface area contributed by atoms with Crippen molar-refractivity contribution in [2.24, 2.45) is 0 Å². The Morgan fingerprint density at radius 1 is 0.889 bits per heavy atom. The molecule has 3 aromatic heterocycles. The van der Waals surface area contributed by atoms with E-state index in [-0.39, 0.29) is 5.88 Å². The maximum absolute atomic E-state index is 9.95. The zero-order valence-corrected chi connectivity index (χ0v) is 9.28. The second-order valence-electron chi connectivity index (χ2n) is 4.04. The third kappa shape index (κ3) is 1.08. The number of hydrogen-bond acceptors (Lipinski definition) is 4. The largest absolute Gasteiger partial charge is 0.491 e. The Morgan fingerprint density at radius 3 is 2.67 bits per heavy atom. The third-order valence-electron chi connectivity index (χ3n) is 2.97. The van der Waals surface area contributed by atoms with Gasteiger partial charge in [0.2, 0.25) is 5.65 Å². The van der Waals surface area contributed by atoms with E-state index in [4.69, 9.17) is 0 Å². The molecule has 0 aliphatic rings. The normalized spacial score (nSPS) is 11.6. The van der Waals surface area contributed by atoms with Gasteiger partial charge in [-0.2, -0.15) is 0 Å². The van der Waals surface area contributed by atoms with Crippen LogP contribution in [-0.4, -0.2) is 24.5 Å². The van der Waals surface area contributed by atoms with Crippen LogP contribution in [0.25, 0.3) is 27.8 Å². The van der Waals surface area contributed by atoms with E-state index in [1.165, 1.54) is 0 Å². The predicted octanol–water partition coefficient (Wildman–Crippen LogP) is 2.14. The average Bonchev–Trinajstić information content (AvgIpc) is 2.79. The fourth-order valence-corrected chi connectivity index (χ4v) is 2.20. The molecule has 3 heterocycles. The molecular formula is C13H8N4O. The first-order valence-electron chi connectivity index (χ1n) is 5.55. The molecule has 4 rings (SSSR count). The summed E-state index contributed by atoms with van der Waals surface area (Å²) in [5, 5.41) is 9.95. The van der Waals surface area contributed by atoms with E-state index in [0.29, 0.717) is 16.8 Å². The minimum Gasteiger partial charge on any atom is -0.491 e. The second kappa shape index (κ2) is 3.16. The van der Waals surface area contributed by atoms with Crippen LogP contribution in [0.3, 0.4) is 0 Å². The van der Waals surface area contributed by atoms with E-state index in [2.05, 4.69) is 15.0 Å². The van der Waals surface area contributed by atoms with Crippen LogP contribution in [0.1, 0.15) is 0 Å². The van der Waals surface area contributed by atoms with Crippen molar-refractivity contribution >= 4 is 27.8 Å². The van der Waals surface area contributed by atoms with Crippen LogP contribution in [0.2, 0.25) is 0 Å². The fraction of sp³-hybridized carbons (Fsp3) is 0. The molecule has 0 atom stereocenters. The number of aromatic hydroxyl groups is 1. The fourth-order valence-electron chi connectivity index (χ4n) is 2.20. The highest BCUT2D eigenvalue weighted by atomic mass is 16.3. The van der Waals surface area contributed by atoms with E-state index >= 15 is 0 Å². The van der Waals surface area contributed by atoms with Crippen LogP contribution in [0.5, 0.6) is 5.88 Å². The molecule has 0 radical (unpaired) electrons. The van der Waals surface area contributed by atoms with Crippen LogP contribution < -0.4 is 0 Å². The lowest BCUT2D eigenvalue weighted by Gasteiger charge is -2.02. The summed E-state index contributed by atoms with van der Waals surface area (Å²) in [7, 11) is 0. The minimum atomic E-state index is -0.0771. The van der Waals surface area contributed by atoms with Gasteiger partial charge in [0, 0.05) is 6.20 Å². The predicted molar refractivity (Wildman–Crippen MR) is 67.5 cm³/mol. The molecule has 0 spiro atoms. The Bertz CT molecular complexity index is 897. The van der Waals surface area contributed by atoms with E-state index in [9.17, 15) is 5.11 Å². The summed E-state index contributed by atoms with van der Waals surface area (Å²) in [5.74, 6) is -0.0771. The summed E-state index contributed by atoms with van der Waals surface area (Å²) in [4.78, 5) is 12.8. The SMILES string of the molecule is Oc1nc2cccnc2n2c1nc1ccccc12. The topological polar surface area (TPSA) is 63.3 Å². The van der Waals surface area contributed by atoms with Gasteiger partial charge in [0.25, 0.3) is 5.88 Å². The Labute approximate surface area is 101 Å². The summed E-state index contributed by atoms with van der Waals surface area (Å²) < 4.78 is 1.83. The maximum Gasteiger partial charge on any atom is 0.256 e. The van der Waals surface area contributed by atoms with Crippen LogP contribution in [0.15, 0.2) is 42.6 Å². The number of fused-ring (bicyclic) bond motifs is 5. The lowest BCUT2D eigenvalue weighted by Crippen LogP contribution is -1.94.